The molecule has 0 amide bonds. The Hall–Kier alpha value is -6.59. The number of nitriles is 1. The maximum Gasteiger partial charge on any atom is 0.416 e. The molecule has 8 aromatic rings. The van der Waals surface area contributed by atoms with Crippen molar-refractivity contribution in [1.82, 2.24) is 19.5 Å². The third-order valence-electron chi connectivity index (χ3n) is 8.50. The number of benzene rings is 6. The molecule has 49 heavy (non-hydrogen) atoms. The lowest BCUT2D eigenvalue weighted by Gasteiger charge is -2.16. The van der Waals surface area contributed by atoms with E-state index in [1.54, 1.807) is 12.1 Å². The summed E-state index contributed by atoms with van der Waals surface area (Å²) in [5.74, 6) is 1.19. The molecule has 0 N–H and O–H groups in total. The molecule has 234 valence electrons. The van der Waals surface area contributed by atoms with Gasteiger partial charge in [0.05, 0.1) is 28.2 Å². The lowest BCUT2D eigenvalue weighted by molar-refractivity contribution is -0.137. The number of aromatic nitrogens is 4. The number of hydrogen-bond acceptors (Lipinski definition) is 4. The van der Waals surface area contributed by atoms with Gasteiger partial charge in [-0.25, -0.2) is 15.0 Å². The summed E-state index contributed by atoms with van der Waals surface area (Å²) < 4.78 is 43.9. The van der Waals surface area contributed by atoms with Crippen LogP contribution in [-0.4, -0.2) is 19.5 Å². The maximum atomic E-state index is 13.9. The highest BCUT2D eigenvalue weighted by molar-refractivity contribution is 6.09. The van der Waals surface area contributed by atoms with Gasteiger partial charge in [-0.05, 0) is 59.7 Å². The standard InChI is InChI=1S/C41H24F3N5/c42-41(43,44)30-15-9-14-29(23-30)32-20-19-31(49-36-17-8-7-16-33(36)34-22-26(25-45)18-21-37(34)49)24-35(32)40-47-38(27-10-3-1-4-11-27)46-39(48-40)28-12-5-2-6-13-28/h1-24H. The van der Waals surface area contributed by atoms with Gasteiger partial charge in [-0.15, -0.1) is 0 Å². The number of para-hydroxylation sites is 1. The fourth-order valence-corrected chi connectivity index (χ4v) is 6.22. The fraction of sp³-hybridized carbons (Fsp3) is 0.0244. The van der Waals surface area contributed by atoms with Gasteiger partial charge in [0.25, 0.3) is 0 Å². The van der Waals surface area contributed by atoms with Crippen LogP contribution in [-0.2, 0) is 6.18 Å². The Morgan fingerprint density at radius 3 is 1.80 bits per heavy atom. The summed E-state index contributed by atoms with van der Waals surface area (Å²) in [5, 5.41) is 11.5. The third kappa shape index (κ3) is 5.47. The molecule has 8 rings (SSSR count). The first-order valence-electron chi connectivity index (χ1n) is 15.5. The van der Waals surface area contributed by atoms with Gasteiger partial charge in [-0.2, -0.15) is 18.4 Å². The van der Waals surface area contributed by atoms with Gasteiger partial charge in [0, 0.05) is 33.2 Å². The monoisotopic (exact) mass is 643 g/mol. The molecule has 0 aliphatic rings. The first kappa shape index (κ1) is 29.8. The molecule has 0 saturated carbocycles. The Kier molecular flexibility index (Phi) is 7.23. The highest BCUT2D eigenvalue weighted by atomic mass is 19.4. The zero-order valence-corrected chi connectivity index (χ0v) is 25.7. The van der Waals surface area contributed by atoms with E-state index < -0.39 is 11.7 Å². The highest BCUT2D eigenvalue weighted by Crippen LogP contribution is 2.39. The van der Waals surface area contributed by atoms with Crippen LogP contribution in [0.5, 0.6) is 0 Å². The van der Waals surface area contributed by atoms with Gasteiger partial charge in [0.2, 0.25) is 0 Å². The van der Waals surface area contributed by atoms with Gasteiger partial charge in [-0.3, -0.25) is 0 Å². The normalized spacial score (nSPS) is 11.6. The van der Waals surface area contributed by atoms with Crippen molar-refractivity contribution in [3.8, 4) is 57.0 Å². The topological polar surface area (TPSA) is 67.4 Å². The van der Waals surface area contributed by atoms with Gasteiger partial charge < -0.3 is 4.57 Å². The summed E-state index contributed by atoms with van der Waals surface area (Å²) in [6.45, 7) is 0. The second-order valence-electron chi connectivity index (χ2n) is 11.5. The number of alkyl halides is 3. The lowest BCUT2D eigenvalue weighted by atomic mass is 9.96. The molecule has 0 unspecified atom stereocenters. The molecule has 0 atom stereocenters. The van der Waals surface area contributed by atoms with E-state index >= 15 is 0 Å². The van der Waals surface area contributed by atoms with Crippen LogP contribution in [0, 0.1) is 11.3 Å². The zero-order chi connectivity index (χ0) is 33.5. The third-order valence-corrected chi connectivity index (χ3v) is 8.50. The van der Waals surface area contributed by atoms with Gasteiger partial charge in [0.1, 0.15) is 0 Å². The molecule has 8 heteroatoms. The van der Waals surface area contributed by atoms with E-state index in [4.69, 9.17) is 15.0 Å². The van der Waals surface area contributed by atoms with Crippen LogP contribution in [0.25, 0.3) is 72.8 Å². The maximum absolute atomic E-state index is 13.9. The second kappa shape index (κ2) is 11.9. The van der Waals surface area contributed by atoms with E-state index in [1.165, 1.54) is 6.07 Å². The van der Waals surface area contributed by atoms with E-state index in [0.717, 1.165) is 50.8 Å². The average molecular weight is 644 g/mol. The molecular weight excluding hydrogens is 619 g/mol. The fourth-order valence-electron chi connectivity index (χ4n) is 6.22. The minimum absolute atomic E-state index is 0.314. The van der Waals surface area contributed by atoms with Crippen LogP contribution in [0.1, 0.15) is 11.1 Å². The molecule has 0 aliphatic heterocycles. The van der Waals surface area contributed by atoms with Crippen molar-refractivity contribution in [3.63, 3.8) is 0 Å². The molecule has 0 aliphatic carbocycles. The molecule has 0 spiro atoms. The van der Waals surface area contributed by atoms with Crippen LogP contribution in [0.2, 0.25) is 0 Å². The molecule has 5 nitrogen and oxygen atoms in total. The minimum Gasteiger partial charge on any atom is -0.309 e. The van der Waals surface area contributed by atoms with E-state index in [0.29, 0.717) is 39.7 Å². The molecule has 0 bridgehead atoms. The Balaban J connectivity index is 1.43. The summed E-state index contributed by atoms with van der Waals surface area (Å²) in [6.07, 6.45) is -4.52. The van der Waals surface area contributed by atoms with Crippen molar-refractivity contribution in [3.05, 3.63) is 157 Å². The van der Waals surface area contributed by atoms with Crippen LogP contribution in [0.3, 0.4) is 0 Å². The van der Waals surface area contributed by atoms with Crippen molar-refractivity contribution in [1.29, 1.82) is 5.26 Å². The van der Waals surface area contributed by atoms with E-state index in [1.807, 2.05) is 115 Å². The number of rotatable bonds is 5. The van der Waals surface area contributed by atoms with Gasteiger partial charge >= 0.3 is 6.18 Å². The number of nitrogens with zero attached hydrogens (tertiary/aromatic N) is 5. The first-order valence-corrected chi connectivity index (χ1v) is 15.5. The van der Waals surface area contributed by atoms with Crippen LogP contribution in [0.15, 0.2) is 146 Å². The predicted octanol–water partition coefficient (Wildman–Crippen LogP) is 10.5. The Morgan fingerprint density at radius 2 is 1.12 bits per heavy atom. The summed E-state index contributed by atoms with van der Waals surface area (Å²) in [5.41, 5.74) is 5.33. The van der Waals surface area contributed by atoms with Crippen molar-refractivity contribution in [2.75, 3.05) is 0 Å². The number of fused-ring (bicyclic) bond motifs is 3. The van der Waals surface area contributed by atoms with Crippen molar-refractivity contribution in [2.45, 2.75) is 6.18 Å². The summed E-state index contributed by atoms with van der Waals surface area (Å²) in [7, 11) is 0. The smallest absolute Gasteiger partial charge is 0.309 e. The summed E-state index contributed by atoms with van der Waals surface area (Å²) >= 11 is 0. The zero-order valence-electron chi connectivity index (χ0n) is 25.7. The molecule has 0 radical (unpaired) electrons. The van der Waals surface area contributed by atoms with Crippen LogP contribution in [0.4, 0.5) is 13.2 Å². The summed E-state index contributed by atoms with van der Waals surface area (Å²) in [6, 6.07) is 45.7. The second-order valence-corrected chi connectivity index (χ2v) is 11.5. The summed E-state index contributed by atoms with van der Waals surface area (Å²) in [4.78, 5) is 14.7. The molecule has 2 heterocycles. The van der Waals surface area contributed by atoms with Crippen molar-refractivity contribution in [2.24, 2.45) is 0 Å². The highest BCUT2D eigenvalue weighted by Gasteiger charge is 2.31. The molecule has 0 saturated heterocycles. The van der Waals surface area contributed by atoms with E-state index in [9.17, 15) is 18.4 Å². The molecule has 2 aromatic heterocycles. The molecular formula is C41H24F3N5. The Morgan fingerprint density at radius 1 is 0.510 bits per heavy atom. The van der Waals surface area contributed by atoms with Crippen LogP contribution < -0.4 is 0 Å². The van der Waals surface area contributed by atoms with Gasteiger partial charge in [0.15, 0.2) is 17.5 Å². The first-order chi connectivity index (χ1) is 23.9. The quantitative estimate of drug-likeness (QED) is 0.187. The predicted molar refractivity (Wildman–Crippen MR) is 186 cm³/mol. The Bertz CT molecular complexity index is 2490. The molecule has 6 aromatic carbocycles. The van der Waals surface area contributed by atoms with Crippen LogP contribution >= 0.6 is 0 Å². The van der Waals surface area contributed by atoms with Crippen molar-refractivity contribution < 1.29 is 13.2 Å². The molecule has 0 fully saturated rings. The SMILES string of the molecule is N#Cc1ccc2c(c1)c1ccccc1n2-c1ccc(-c2cccc(C(F)(F)F)c2)c(-c2nc(-c3ccccc3)nc(-c3ccccc3)n2)c1. The Labute approximate surface area is 279 Å². The minimum atomic E-state index is -4.52. The van der Waals surface area contributed by atoms with Crippen molar-refractivity contribution >= 4 is 21.8 Å². The van der Waals surface area contributed by atoms with Gasteiger partial charge in [-0.1, -0.05) is 97.1 Å². The average Bonchev–Trinajstić information content (AvgIpc) is 3.48. The van der Waals surface area contributed by atoms with E-state index in [2.05, 4.69) is 10.6 Å². The van der Waals surface area contributed by atoms with E-state index in [-0.39, 0.29) is 0 Å². The number of hydrogen-bond donors (Lipinski definition) is 0. The largest absolute Gasteiger partial charge is 0.416 e. The number of halogens is 3. The lowest BCUT2D eigenvalue weighted by Crippen LogP contribution is -2.05.